The molecule has 0 spiro atoms. The average molecular weight is 406 g/mol. The minimum absolute atomic E-state index is 0.121. The standard InChI is InChI=1S/C24H23FN2O3/c1-15(28)21-14-19(22-13-17(30-2)11-12-27(21)22)24(29)26-20-10-6-9-18(23(20)25)16-7-4-3-5-8-16/h6-7,9-14H,3-5,8H2,1-2H3,(H,26,29). The van der Waals surface area contributed by atoms with Gasteiger partial charge in [-0.05, 0) is 49.5 Å². The van der Waals surface area contributed by atoms with Crippen molar-refractivity contribution in [2.24, 2.45) is 0 Å². The summed E-state index contributed by atoms with van der Waals surface area (Å²) in [5.41, 5.74) is 2.80. The van der Waals surface area contributed by atoms with Gasteiger partial charge in [0.2, 0.25) is 0 Å². The van der Waals surface area contributed by atoms with Crippen molar-refractivity contribution in [2.75, 3.05) is 12.4 Å². The number of nitrogens with one attached hydrogen (secondary N) is 1. The first-order valence-corrected chi connectivity index (χ1v) is 9.99. The topological polar surface area (TPSA) is 59.8 Å². The van der Waals surface area contributed by atoms with Gasteiger partial charge in [0.25, 0.3) is 5.91 Å². The third-order valence-corrected chi connectivity index (χ3v) is 5.47. The molecule has 1 aliphatic carbocycles. The number of benzene rings is 1. The highest BCUT2D eigenvalue weighted by atomic mass is 19.1. The Morgan fingerprint density at radius 3 is 2.70 bits per heavy atom. The van der Waals surface area contributed by atoms with Crippen LogP contribution in [0.3, 0.4) is 0 Å². The first-order valence-electron chi connectivity index (χ1n) is 9.99. The van der Waals surface area contributed by atoms with Gasteiger partial charge in [0.05, 0.1) is 29.6 Å². The summed E-state index contributed by atoms with van der Waals surface area (Å²) in [6.07, 6.45) is 7.68. The van der Waals surface area contributed by atoms with Crippen molar-refractivity contribution < 1.29 is 18.7 Å². The van der Waals surface area contributed by atoms with Crippen LogP contribution in [0.25, 0.3) is 11.1 Å². The lowest BCUT2D eigenvalue weighted by molar-refractivity contribution is 0.101. The van der Waals surface area contributed by atoms with Gasteiger partial charge in [-0.15, -0.1) is 0 Å². The molecule has 0 aliphatic heterocycles. The normalized spacial score (nSPS) is 13.8. The first kappa shape index (κ1) is 19.9. The largest absolute Gasteiger partial charge is 0.497 e. The molecule has 1 aliphatic rings. The fourth-order valence-corrected chi connectivity index (χ4v) is 3.91. The van der Waals surface area contributed by atoms with E-state index in [9.17, 15) is 9.59 Å². The number of carbonyl (C=O) groups is 2. The average Bonchev–Trinajstić information content (AvgIpc) is 3.15. The van der Waals surface area contributed by atoms with Gasteiger partial charge in [0.1, 0.15) is 5.75 Å². The Hall–Kier alpha value is -3.41. The smallest absolute Gasteiger partial charge is 0.257 e. The summed E-state index contributed by atoms with van der Waals surface area (Å²) in [4.78, 5) is 25.1. The monoisotopic (exact) mass is 406 g/mol. The van der Waals surface area contributed by atoms with Crippen LogP contribution in [0, 0.1) is 5.82 Å². The molecule has 3 aromatic rings. The van der Waals surface area contributed by atoms with Crippen LogP contribution in [-0.2, 0) is 0 Å². The third kappa shape index (κ3) is 3.61. The second-order valence-electron chi connectivity index (χ2n) is 7.42. The lowest BCUT2D eigenvalue weighted by Gasteiger charge is -2.15. The van der Waals surface area contributed by atoms with Crippen molar-refractivity contribution >= 4 is 28.5 Å². The molecule has 0 unspecified atom stereocenters. The molecule has 0 atom stereocenters. The molecule has 0 fully saturated rings. The lowest BCUT2D eigenvalue weighted by Crippen LogP contribution is -2.13. The molecule has 154 valence electrons. The van der Waals surface area contributed by atoms with Crippen LogP contribution in [-0.4, -0.2) is 23.2 Å². The summed E-state index contributed by atoms with van der Waals surface area (Å²) in [5.74, 6) is -0.539. The van der Waals surface area contributed by atoms with E-state index in [-0.39, 0.29) is 17.0 Å². The number of hydrogen-bond acceptors (Lipinski definition) is 3. The number of ketones is 1. The van der Waals surface area contributed by atoms with E-state index in [2.05, 4.69) is 11.4 Å². The zero-order valence-electron chi connectivity index (χ0n) is 17.0. The van der Waals surface area contributed by atoms with Gasteiger partial charge < -0.3 is 14.5 Å². The third-order valence-electron chi connectivity index (χ3n) is 5.47. The molecule has 1 N–H and O–H groups in total. The van der Waals surface area contributed by atoms with Crippen LogP contribution in [0.5, 0.6) is 5.75 Å². The Morgan fingerprint density at radius 2 is 2.00 bits per heavy atom. The highest BCUT2D eigenvalue weighted by Gasteiger charge is 2.21. The van der Waals surface area contributed by atoms with Crippen LogP contribution in [0.4, 0.5) is 10.1 Å². The molecule has 4 rings (SSSR count). The van der Waals surface area contributed by atoms with Crippen LogP contribution >= 0.6 is 0 Å². The van der Waals surface area contributed by atoms with Gasteiger partial charge in [-0.25, -0.2) is 4.39 Å². The van der Waals surface area contributed by atoms with E-state index >= 15 is 4.39 Å². The Bertz CT molecular complexity index is 1180. The van der Waals surface area contributed by atoms with E-state index in [0.717, 1.165) is 31.3 Å². The molecule has 0 bridgehead atoms. The lowest BCUT2D eigenvalue weighted by atomic mass is 9.93. The van der Waals surface area contributed by atoms with Crippen molar-refractivity contribution in [1.82, 2.24) is 4.40 Å². The van der Waals surface area contributed by atoms with Gasteiger partial charge >= 0.3 is 0 Å². The molecule has 0 radical (unpaired) electrons. The van der Waals surface area contributed by atoms with Crippen molar-refractivity contribution in [1.29, 1.82) is 0 Å². The van der Waals surface area contributed by atoms with Crippen molar-refractivity contribution in [2.45, 2.75) is 32.6 Å². The van der Waals surface area contributed by atoms with Crippen molar-refractivity contribution in [3.8, 4) is 5.75 Å². The number of ether oxygens (including phenoxy) is 1. The molecule has 6 heteroatoms. The van der Waals surface area contributed by atoms with E-state index < -0.39 is 11.7 Å². The van der Waals surface area contributed by atoms with Crippen LogP contribution in [0.15, 0.2) is 48.7 Å². The number of hydrogen-bond donors (Lipinski definition) is 1. The SMILES string of the molecule is COc1ccn2c(C(C)=O)cc(C(=O)Nc3cccc(C4=CCCCC4)c3F)c2c1. The molecule has 30 heavy (non-hydrogen) atoms. The Kier molecular flexibility index (Phi) is 5.40. The van der Waals surface area contributed by atoms with Gasteiger partial charge in [-0.1, -0.05) is 18.2 Å². The number of methoxy groups -OCH3 is 1. The molecule has 0 saturated carbocycles. The predicted octanol–water partition coefficient (Wildman–Crippen LogP) is 5.50. The van der Waals surface area contributed by atoms with Crippen LogP contribution in [0.2, 0.25) is 0 Å². The number of rotatable bonds is 5. The number of anilines is 1. The minimum Gasteiger partial charge on any atom is -0.497 e. The number of amides is 1. The summed E-state index contributed by atoms with van der Waals surface area (Å²) >= 11 is 0. The number of nitrogens with zero attached hydrogens (tertiary/aromatic N) is 1. The van der Waals surface area contributed by atoms with Crippen molar-refractivity contribution in [3.63, 3.8) is 0 Å². The van der Waals surface area contributed by atoms with E-state index in [1.165, 1.54) is 20.1 Å². The number of carbonyl (C=O) groups excluding carboxylic acids is 2. The highest BCUT2D eigenvalue weighted by molar-refractivity contribution is 6.11. The molecular formula is C24H23FN2O3. The maximum Gasteiger partial charge on any atom is 0.257 e. The summed E-state index contributed by atoms with van der Waals surface area (Å²) in [7, 11) is 1.53. The highest BCUT2D eigenvalue weighted by Crippen LogP contribution is 2.32. The van der Waals surface area contributed by atoms with Crippen LogP contribution in [0.1, 0.15) is 59.0 Å². The van der Waals surface area contributed by atoms with E-state index in [0.29, 0.717) is 22.5 Å². The molecule has 2 aromatic heterocycles. The maximum absolute atomic E-state index is 15.2. The summed E-state index contributed by atoms with van der Waals surface area (Å²) < 4.78 is 22.1. The van der Waals surface area contributed by atoms with Gasteiger partial charge in [0.15, 0.2) is 11.6 Å². The number of allylic oxidation sites excluding steroid dienone is 2. The maximum atomic E-state index is 15.2. The number of aromatic nitrogens is 1. The second kappa shape index (κ2) is 8.14. The summed E-state index contributed by atoms with van der Waals surface area (Å²) in [5, 5.41) is 2.68. The van der Waals surface area contributed by atoms with E-state index in [4.69, 9.17) is 4.74 Å². The molecular weight excluding hydrogens is 383 g/mol. The van der Waals surface area contributed by atoms with Crippen LogP contribution < -0.4 is 10.1 Å². The fraction of sp³-hybridized carbons (Fsp3) is 0.250. The quantitative estimate of drug-likeness (QED) is 0.569. The molecule has 0 saturated heterocycles. The Labute approximate surface area is 174 Å². The molecule has 2 heterocycles. The Balaban J connectivity index is 1.72. The summed E-state index contributed by atoms with van der Waals surface area (Å²) in [6, 6.07) is 9.95. The second-order valence-corrected chi connectivity index (χ2v) is 7.42. The summed E-state index contributed by atoms with van der Waals surface area (Å²) in [6.45, 7) is 1.44. The first-order chi connectivity index (χ1) is 14.5. The predicted molar refractivity (Wildman–Crippen MR) is 115 cm³/mol. The number of halogens is 1. The molecule has 1 aromatic carbocycles. The molecule has 1 amide bonds. The van der Waals surface area contributed by atoms with Gasteiger partial charge in [-0.3, -0.25) is 9.59 Å². The van der Waals surface area contributed by atoms with E-state index in [1.807, 2.05) is 0 Å². The van der Waals surface area contributed by atoms with Gasteiger partial charge in [0, 0.05) is 24.8 Å². The number of Topliss-reactive ketones (excluding diaryl/α,β-unsaturated/α-hetero) is 1. The van der Waals surface area contributed by atoms with E-state index in [1.54, 1.807) is 40.9 Å². The minimum atomic E-state index is -0.484. The molecule has 5 nitrogen and oxygen atoms in total. The Morgan fingerprint density at radius 1 is 1.17 bits per heavy atom. The fourth-order valence-electron chi connectivity index (χ4n) is 3.91. The van der Waals surface area contributed by atoms with Crippen molar-refractivity contribution in [3.05, 3.63) is 71.3 Å². The zero-order valence-corrected chi connectivity index (χ0v) is 17.0. The number of pyridine rings is 1. The van der Waals surface area contributed by atoms with Gasteiger partial charge in [-0.2, -0.15) is 0 Å². The zero-order chi connectivity index (χ0) is 21.3. The number of fused-ring (bicyclic) bond motifs is 1.